The number of nitrogens with zero attached hydrogens (tertiary/aromatic N) is 3. The van der Waals surface area contributed by atoms with E-state index in [0.717, 1.165) is 35.4 Å². The van der Waals surface area contributed by atoms with Gasteiger partial charge < -0.3 is 29.4 Å². The molecule has 9 nitrogen and oxygen atoms in total. The normalized spacial score (nSPS) is 21.4. The highest BCUT2D eigenvalue weighted by Gasteiger charge is 2.51. The number of aromatic amines is 1. The van der Waals surface area contributed by atoms with Crippen LogP contribution in [0.2, 0.25) is 0 Å². The standard InChI is InChI=1S/C27H40BN5O4/c1-17(2)22(31-25(35)32(7)8)24(34)33-15-9-10-21(33)23-29-16-20(30-23)18-11-13-19(14-12-18)28-36-26(3,4)27(5,6)37-28/h11-14,16-17,21-22H,9-10,15H2,1-8H3,(H,29,30)(H,31,35)/t21-,22-/m0/s1. The third-order valence-electron chi connectivity index (χ3n) is 7.80. The Balaban J connectivity index is 1.48. The molecule has 10 heteroatoms. The van der Waals surface area contributed by atoms with E-state index in [0.29, 0.717) is 6.54 Å². The first-order valence-corrected chi connectivity index (χ1v) is 13.1. The van der Waals surface area contributed by atoms with Crippen molar-refractivity contribution in [1.82, 2.24) is 25.1 Å². The third-order valence-corrected chi connectivity index (χ3v) is 7.80. The summed E-state index contributed by atoms with van der Waals surface area (Å²) in [6, 6.07) is 7.05. The predicted molar refractivity (Wildman–Crippen MR) is 144 cm³/mol. The van der Waals surface area contributed by atoms with Crippen molar-refractivity contribution in [1.29, 1.82) is 0 Å². The molecule has 1 aromatic carbocycles. The largest absolute Gasteiger partial charge is 0.494 e. The zero-order valence-electron chi connectivity index (χ0n) is 23.3. The van der Waals surface area contributed by atoms with Crippen LogP contribution in [0, 0.1) is 5.92 Å². The van der Waals surface area contributed by atoms with Crippen molar-refractivity contribution in [3.05, 3.63) is 36.3 Å². The molecule has 0 spiro atoms. The summed E-state index contributed by atoms with van der Waals surface area (Å²) in [6.45, 7) is 12.7. The number of nitrogens with one attached hydrogen (secondary N) is 2. The summed E-state index contributed by atoms with van der Waals surface area (Å²) in [6.07, 6.45) is 3.60. The first-order chi connectivity index (χ1) is 17.3. The molecular weight excluding hydrogens is 469 g/mol. The van der Waals surface area contributed by atoms with Gasteiger partial charge in [-0.1, -0.05) is 38.1 Å². The summed E-state index contributed by atoms with van der Waals surface area (Å²) in [5.74, 6) is 0.655. The van der Waals surface area contributed by atoms with Crippen LogP contribution in [-0.4, -0.2) is 76.7 Å². The average molecular weight is 509 g/mol. The fourth-order valence-corrected chi connectivity index (χ4v) is 4.71. The van der Waals surface area contributed by atoms with Crippen LogP contribution in [0.25, 0.3) is 11.3 Å². The number of likely N-dealkylation sites (tertiary alicyclic amines) is 1. The summed E-state index contributed by atoms with van der Waals surface area (Å²) in [7, 11) is 2.93. The molecule has 1 aromatic heterocycles. The van der Waals surface area contributed by atoms with Gasteiger partial charge in [-0.25, -0.2) is 9.78 Å². The molecule has 37 heavy (non-hydrogen) atoms. The van der Waals surface area contributed by atoms with Gasteiger partial charge in [0.1, 0.15) is 11.9 Å². The lowest BCUT2D eigenvalue weighted by Gasteiger charge is -2.32. The molecule has 0 radical (unpaired) electrons. The zero-order valence-corrected chi connectivity index (χ0v) is 23.3. The highest BCUT2D eigenvalue weighted by atomic mass is 16.7. The first kappa shape index (κ1) is 27.2. The van der Waals surface area contributed by atoms with Crippen molar-refractivity contribution in [2.45, 2.75) is 77.7 Å². The fourth-order valence-electron chi connectivity index (χ4n) is 4.71. The van der Waals surface area contributed by atoms with E-state index in [9.17, 15) is 9.59 Å². The Morgan fingerprint density at radius 2 is 1.76 bits per heavy atom. The topological polar surface area (TPSA) is 99.8 Å². The molecule has 0 unspecified atom stereocenters. The zero-order chi connectivity index (χ0) is 27.1. The molecule has 2 aliphatic heterocycles. The highest BCUT2D eigenvalue weighted by molar-refractivity contribution is 6.62. The van der Waals surface area contributed by atoms with Gasteiger partial charge in [0.05, 0.1) is 22.9 Å². The Morgan fingerprint density at radius 3 is 2.32 bits per heavy atom. The molecular formula is C27H40BN5O4. The van der Waals surface area contributed by atoms with Gasteiger partial charge >= 0.3 is 13.1 Å². The fraction of sp³-hybridized carbons (Fsp3) is 0.593. The summed E-state index contributed by atoms with van der Waals surface area (Å²) in [5.41, 5.74) is 1.97. The number of hydrogen-bond acceptors (Lipinski definition) is 5. The van der Waals surface area contributed by atoms with Crippen molar-refractivity contribution in [3.8, 4) is 11.3 Å². The van der Waals surface area contributed by atoms with Gasteiger partial charge in [0.2, 0.25) is 5.91 Å². The number of hydrogen-bond donors (Lipinski definition) is 2. The van der Waals surface area contributed by atoms with E-state index >= 15 is 0 Å². The van der Waals surface area contributed by atoms with E-state index in [1.807, 2.05) is 76.9 Å². The Hall–Kier alpha value is -2.85. The van der Waals surface area contributed by atoms with Crippen LogP contribution >= 0.6 is 0 Å². The van der Waals surface area contributed by atoms with Crippen LogP contribution in [0.1, 0.15) is 66.3 Å². The van der Waals surface area contributed by atoms with E-state index in [1.54, 1.807) is 14.1 Å². The van der Waals surface area contributed by atoms with Gasteiger partial charge in [-0.2, -0.15) is 0 Å². The summed E-state index contributed by atoms with van der Waals surface area (Å²) < 4.78 is 12.3. The van der Waals surface area contributed by atoms with Gasteiger partial charge in [-0.3, -0.25) is 4.79 Å². The lowest BCUT2D eigenvalue weighted by atomic mass is 9.79. The maximum Gasteiger partial charge on any atom is 0.494 e. The quantitative estimate of drug-likeness (QED) is 0.582. The molecule has 2 aromatic rings. The summed E-state index contributed by atoms with van der Waals surface area (Å²) in [5, 5.41) is 2.88. The summed E-state index contributed by atoms with van der Waals surface area (Å²) in [4.78, 5) is 37.2. The number of carbonyl (C=O) groups is 2. The maximum atomic E-state index is 13.5. The molecule has 4 rings (SSSR count). The lowest BCUT2D eigenvalue weighted by Crippen LogP contribution is -2.53. The minimum atomic E-state index is -0.590. The molecule has 2 atom stereocenters. The Kier molecular flexibility index (Phi) is 7.45. The van der Waals surface area contributed by atoms with Crippen LogP contribution < -0.4 is 10.8 Å². The predicted octanol–water partition coefficient (Wildman–Crippen LogP) is 3.34. The molecule has 3 heterocycles. The Morgan fingerprint density at radius 1 is 1.14 bits per heavy atom. The van der Waals surface area contributed by atoms with E-state index in [1.165, 1.54) is 4.90 Å². The molecule has 2 fully saturated rings. The second kappa shape index (κ2) is 10.1. The second-order valence-corrected chi connectivity index (χ2v) is 11.6. The number of urea groups is 1. The number of benzene rings is 1. The van der Waals surface area contributed by atoms with Crippen molar-refractivity contribution >= 4 is 24.5 Å². The van der Waals surface area contributed by atoms with Gasteiger partial charge in [0.15, 0.2) is 0 Å². The monoisotopic (exact) mass is 509 g/mol. The number of carbonyl (C=O) groups excluding carboxylic acids is 2. The van der Waals surface area contributed by atoms with Gasteiger partial charge in [-0.05, 0) is 51.9 Å². The molecule has 0 bridgehead atoms. The molecule has 0 aliphatic carbocycles. The van der Waals surface area contributed by atoms with Gasteiger partial charge in [0, 0.05) is 32.4 Å². The van der Waals surface area contributed by atoms with Crippen molar-refractivity contribution in [3.63, 3.8) is 0 Å². The van der Waals surface area contributed by atoms with E-state index in [4.69, 9.17) is 14.3 Å². The number of imidazole rings is 1. The first-order valence-electron chi connectivity index (χ1n) is 13.1. The molecule has 2 N–H and O–H groups in total. The molecule has 2 aliphatic rings. The van der Waals surface area contributed by atoms with Crippen molar-refractivity contribution in [2.24, 2.45) is 5.92 Å². The van der Waals surface area contributed by atoms with Crippen molar-refractivity contribution < 1.29 is 18.9 Å². The van der Waals surface area contributed by atoms with Gasteiger partial charge in [0.25, 0.3) is 0 Å². The number of rotatable bonds is 6. The van der Waals surface area contributed by atoms with Crippen molar-refractivity contribution in [2.75, 3.05) is 20.6 Å². The number of H-pyrrole nitrogens is 1. The van der Waals surface area contributed by atoms with Crippen LogP contribution in [0.3, 0.4) is 0 Å². The van der Waals surface area contributed by atoms with Gasteiger partial charge in [-0.15, -0.1) is 0 Å². The second-order valence-electron chi connectivity index (χ2n) is 11.6. The Labute approximate surface area is 220 Å². The average Bonchev–Trinajstić information content (AvgIpc) is 3.54. The lowest BCUT2D eigenvalue weighted by molar-refractivity contribution is -0.135. The third kappa shape index (κ3) is 5.41. The van der Waals surface area contributed by atoms with Crippen LogP contribution in [0.5, 0.6) is 0 Å². The molecule has 3 amide bonds. The van der Waals surface area contributed by atoms with Crippen LogP contribution in [-0.2, 0) is 14.1 Å². The molecule has 200 valence electrons. The van der Waals surface area contributed by atoms with E-state index in [-0.39, 0.29) is 35.1 Å². The van der Waals surface area contributed by atoms with E-state index < -0.39 is 13.2 Å². The number of aromatic nitrogens is 2. The minimum Gasteiger partial charge on any atom is -0.399 e. The smallest absolute Gasteiger partial charge is 0.399 e. The molecule has 0 saturated carbocycles. The van der Waals surface area contributed by atoms with Crippen LogP contribution in [0.15, 0.2) is 30.5 Å². The SMILES string of the molecule is CC(C)[C@H](NC(=O)N(C)C)C(=O)N1CCC[C@H]1c1nc(-c2ccc(B3OC(C)(C)C(C)(C)O3)cc2)c[nH]1. The Bertz CT molecular complexity index is 1110. The van der Waals surface area contributed by atoms with Crippen LogP contribution in [0.4, 0.5) is 4.79 Å². The number of amides is 3. The summed E-state index contributed by atoms with van der Waals surface area (Å²) >= 11 is 0. The van der Waals surface area contributed by atoms with E-state index in [2.05, 4.69) is 10.3 Å². The highest BCUT2D eigenvalue weighted by Crippen LogP contribution is 2.37. The maximum absolute atomic E-state index is 13.5. The molecule has 2 saturated heterocycles. The minimum absolute atomic E-state index is 0.0349.